The molecule has 0 aliphatic heterocycles. The number of carbonyl (C=O) groups is 4. The average molecular weight is 994 g/mol. The van der Waals surface area contributed by atoms with E-state index < -0.39 is 0 Å². The zero-order chi connectivity index (χ0) is 51.6. The van der Waals surface area contributed by atoms with Crippen LogP contribution in [0, 0.1) is 0 Å². The Morgan fingerprint density at radius 2 is 0.643 bits per heavy atom. The van der Waals surface area contributed by atoms with Crippen molar-refractivity contribution in [1.82, 2.24) is 9.80 Å². The lowest BCUT2D eigenvalue weighted by Gasteiger charge is -2.26. The van der Waals surface area contributed by atoms with Crippen molar-refractivity contribution in [1.29, 1.82) is 0 Å². The number of unbranched alkanes of at least 4 members (excludes halogenated alkanes) is 24. The average Bonchev–Trinajstić information content (AvgIpc) is 3.34. The van der Waals surface area contributed by atoms with Gasteiger partial charge in [0.05, 0.1) is 6.61 Å². The van der Waals surface area contributed by atoms with Crippen molar-refractivity contribution in [3.63, 3.8) is 0 Å². The lowest BCUT2D eigenvalue weighted by atomic mass is 10.0. The lowest BCUT2D eigenvalue weighted by molar-refractivity contribution is -0.151. The first-order valence-electron chi connectivity index (χ1n) is 30.2. The summed E-state index contributed by atoms with van der Waals surface area (Å²) in [5, 5.41) is 0. The highest BCUT2D eigenvalue weighted by Crippen LogP contribution is 2.22. The Morgan fingerprint density at radius 3 is 1.01 bits per heavy atom. The van der Waals surface area contributed by atoms with Crippen molar-refractivity contribution in [2.75, 3.05) is 40.3 Å². The summed E-state index contributed by atoms with van der Waals surface area (Å²) in [6.07, 6.45) is 43.0. The fraction of sp³-hybridized carbons (Fsp3) is 0.933. The summed E-state index contributed by atoms with van der Waals surface area (Å²) < 4.78 is 23.6. The minimum Gasteiger partial charge on any atom is -0.466 e. The van der Waals surface area contributed by atoms with Crippen molar-refractivity contribution in [2.45, 2.75) is 323 Å². The highest BCUT2D eigenvalue weighted by atomic mass is 16.6. The number of hydrogen-bond donors (Lipinski definition) is 0. The second kappa shape index (κ2) is 51.5. The molecule has 0 heterocycles. The second-order valence-electron chi connectivity index (χ2n) is 21.1. The van der Waals surface area contributed by atoms with Gasteiger partial charge in [0.2, 0.25) is 0 Å². The Bertz CT molecular complexity index is 1100. The molecule has 0 aromatic rings. The van der Waals surface area contributed by atoms with Gasteiger partial charge in [0, 0.05) is 32.4 Å². The maximum Gasteiger partial charge on any atom is 0.410 e. The minimum absolute atomic E-state index is 0.0199. The van der Waals surface area contributed by atoms with Crippen LogP contribution in [0.5, 0.6) is 0 Å². The molecule has 1 amide bonds. The fourth-order valence-electron chi connectivity index (χ4n) is 9.29. The van der Waals surface area contributed by atoms with Gasteiger partial charge in [-0.05, 0) is 136 Å². The van der Waals surface area contributed by atoms with Gasteiger partial charge in [-0.3, -0.25) is 14.4 Å². The molecule has 70 heavy (non-hydrogen) atoms. The van der Waals surface area contributed by atoms with Gasteiger partial charge in [0.15, 0.2) is 0 Å². The molecule has 0 atom stereocenters. The molecule has 0 rings (SSSR count). The van der Waals surface area contributed by atoms with Gasteiger partial charge < -0.3 is 28.7 Å². The summed E-state index contributed by atoms with van der Waals surface area (Å²) in [6.45, 7) is 13.6. The van der Waals surface area contributed by atoms with E-state index in [1.165, 1.54) is 77.0 Å². The molecule has 0 fully saturated rings. The monoisotopic (exact) mass is 993 g/mol. The maximum absolute atomic E-state index is 13.8. The van der Waals surface area contributed by atoms with Crippen LogP contribution in [0.1, 0.15) is 304 Å². The highest BCUT2D eigenvalue weighted by Gasteiger charge is 2.21. The zero-order valence-electron chi connectivity index (χ0n) is 47.4. The van der Waals surface area contributed by atoms with Crippen LogP contribution >= 0.6 is 0 Å². The summed E-state index contributed by atoms with van der Waals surface area (Å²) in [5.74, 6) is -0.177. The Balaban J connectivity index is 5.14. The molecule has 0 spiro atoms. The normalized spacial score (nSPS) is 11.6. The molecule has 414 valence electrons. The van der Waals surface area contributed by atoms with Crippen LogP contribution in [0.4, 0.5) is 4.79 Å². The summed E-state index contributed by atoms with van der Waals surface area (Å²) in [6, 6.07) is 0. The van der Waals surface area contributed by atoms with Gasteiger partial charge in [0.25, 0.3) is 0 Å². The van der Waals surface area contributed by atoms with Crippen LogP contribution in [0.15, 0.2) is 0 Å². The van der Waals surface area contributed by atoms with Crippen LogP contribution in [0.3, 0.4) is 0 Å². The molecule has 0 N–H and O–H groups in total. The molecular weight excluding hydrogens is 877 g/mol. The first-order chi connectivity index (χ1) is 34.1. The van der Waals surface area contributed by atoms with Crippen LogP contribution in [-0.4, -0.2) is 92.4 Å². The predicted octanol–water partition coefficient (Wildman–Crippen LogP) is 17.2. The molecule has 0 aliphatic carbocycles. The Morgan fingerprint density at radius 1 is 0.329 bits per heavy atom. The third kappa shape index (κ3) is 45.5. The summed E-state index contributed by atoms with van der Waals surface area (Å²) in [7, 11) is 4.12. The van der Waals surface area contributed by atoms with E-state index in [-0.39, 0.29) is 42.3 Å². The number of carbonyl (C=O) groups excluding carboxylic acids is 4. The van der Waals surface area contributed by atoms with E-state index in [0.717, 1.165) is 180 Å². The number of amides is 1. The van der Waals surface area contributed by atoms with Crippen LogP contribution in [-0.2, 0) is 33.3 Å². The third-order valence-electron chi connectivity index (χ3n) is 13.8. The number of rotatable bonds is 53. The van der Waals surface area contributed by atoms with E-state index in [4.69, 9.17) is 18.9 Å². The molecule has 0 bridgehead atoms. The predicted molar refractivity (Wildman–Crippen MR) is 293 cm³/mol. The van der Waals surface area contributed by atoms with Crippen LogP contribution in [0.25, 0.3) is 0 Å². The number of ether oxygens (including phenoxy) is 4. The summed E-state index contributed by atoms with van der Waals surface area (Å²) in [4.78, 5) is 55.5. The van der Waals surface area contributed by atoms with E-state index in [1.54, 1.807) is 0 Å². The largest absolute Gasteiger partial charge is 0.466 e. The van der Waals surface area contributed by atoms with Gasteiger partial charge >= 0.3 is 24.0 Å². The number of nitrogens with zero attached hydrogens (tertiary/aromatic N) is 2. The van der Waals surface area contributed by atoms with Crippen LogP contribution in [0.2, 0.25) is 0 Å². The number of hydrogen-bond acceptors (Lipinski definition) is 9. The molecule has 0 saturated heterocycles. The SMILES string of the molecule is CCCCCCC(CCCCCC)OC(=O)CCCCCCCCC(CCCCCCCCC(=O)OC(CCCCCC)CCCCCC)OC(=O)N(CCCCCC(=O)OCCC)CCCN(C)C. The Kier molecular flexibility index (Phi) is 49.8. The summed E-state index contributed by atoms with van der Waals surface area (Å²) in [5.41, 5.74) is 0. The van der Waals surface area contributed by atoms with Crippen molar-refractivity contribution in [2.24, 2.45) is 0 Å². The Labute approximate surface area is 433 Å². The zero-order valence-corrected chi connectivity index (χ0v) is 47.4. The standard InChI is InChI=1S/C60H116N2O8/c1-8-13-17-30-41-54(42-31-18-14-9-2)68-58(64)48-36-27-23-21-25-34-45-56(70-60(66)62(52-40-50-61(6)7)51-39-29-38-47-57(63)67-53-12-5)46-35-26-22-24-28-37-49-59(65)69-55(43-32-19-15-10-3)44-33-20-16-11-4/h54-56H,8-53H2,1-7H3. The topological polar surface area (TPSA) is 112 Å². The van der Waals surface area contributed by atoms with Crippen molar-refractivity contribution < 1.29 is 38.1 Å². The van der Waals surface area contributed by atoms with E-state index >= 15 is 0 Å². The minimum atomic E-state index is -0.210. The van der Waals surface area contributed by atoms with Crippen molar-refractivity contribution >= 4 is 24.0 Å². The first-order valence-corrected chi connectivity index (χ1v) is 30.2. The maximum atomic E-state index is 13.8. The van der Waals surface area contributed by atoms with E-state index in [2.05, 4.69) is 46.7 Å². The molecule has 10 heteroatoms. The lowest BCUT2D eigenvalue weighted by Crippen LogP contribution is -2.37. The van der Waals surface area contributed by atoms with Crippen molar-refractivity contribution in [3.8, 4) is 0 Å². The van der Waals surface area contributed by atoms with Gasteiger partial charge in [-0.2, -0.15) is 0 Å². The highest BCUT2D eigenvalue weighted by molar-refractivity contribution is 5.70. The molecule has 0 aliphatic rings. The van der Waals surface area contributed by atoms with Gasteiger partial charge in [-0.1, -0.05) is 169 Å². The molecule has 0 radical (unpaired) electrons. The third-order valence-corrected chi connectivity index (χ3v) is 13.8. The smallest absolute Gasteiger partial charge is 0.410 e. The number of esters is 3. The van der Waals surface area contributed by atoms with Gasteiger partial charge in [-0.15, -0.1) is 0 Å². The van der Waals surface area contributed by atoms with Crippen molar-refractivity contribution in [3.05, 3.63) is 0 Å². The van der Waals surface area contributed by atoms with Gasteiger partial charge in [-0.25, -0.2) is 4.79 Å². The van der Waals surface area contributed by atoms with E-state index in [0.29, 0.717) is 39.0 Å². The molecule has 0 saturated carbocycles. The fourth-order valence-corrected chi connectivity index (χ4v) is 9.29. The first kappa shape index (κ1) is 67.6. The van der Waals surface area contributed by atoms with E-state index in [9.17, 15) is 19.2 Å². The van der Waals surface area contributed by atoms with E-state index in [1.807, 2.05) is 11.8 Å². The molecule has 10 nitrogen and oxygen atoms in total. The molecule has 0 aromatic carbocycles. The van der Waals surface area contributed by atoms with Gasteiger partial charge in [0.1, 0.15) is 18.3 Å². The quantitative estimate of drug-likeness (QED) is 0.0334. The summed E-state index contributed by atoms with van der Waals surface area (Å²) >= 11 is 0. The molecule has 0 aromatic heterocycles. The second-order valence-corrected chi connectivity index (χ2v) is 21.1. The van der Waals surface area contributed by atoms with Crippen LogP contribution < -0.4 is 0 Å². The molecule has 0 unspecified atom stereocenters. The Hall–Kier alpha value is -2.36. The molecular formula is C60H116N2O8.